The predicted octanol–water partition coefficient (Wildman–Crippen LogP) is 2.14. The predicted molar refractivity (Wildman–Crippen MR) is 80.6 cm³/mol. The minimum Gasteiger partial charge on any atom is -0.370 e. The van der Waals surface area contributed by atoms with Gasteiger partial charge in [0.25, 0.3) is 0 Å². The molecule has 0 spiro atoms. The smallest absolute Gasteiger partial charge is 0.170 e. The van der Waals surface area contributed by atoms with Gasteiger partial charge in [-0.05, 0) is 42.9 Å². The first kappa shape index (κ1) is 13.5. The molecule has 0 aromatic carbocycles. The van der Waals surface area contributed by atoms with E-state index >= 15 is 0 Å². The molecule has 0 radical (unpaired) electrons. The van der Waals surface area contributed by atoms with Crippen molar-refractivity contribution in [2.45, 2.75) is 70.4 Å². The number of hydrogen-bond donors (Lipinski definition) is 0. The van der Waals surface area contributed by atoms with Gasteiger partial charge in [-0.3, -0.25) is 9.59 Å². The molecule has 0 unspecified atom stereocenters. The summed E-state index contributed by atoms with van der Waals surface area (Å²) < 4.78 is 11.5. The summed E-state index contributed by atoms with van der Waals surface area (Å²) in [6.07, 6.45) is 5.45. The molecule has 6 rings (SSSR count). The molecule has 0 aromatic rings. The quantitative estimate of drug-likeness (QED) is 0.643. The monoisotopic (exact) mass is 316 g/mol. The first-order valence-corrected chi connectivity index (χ1v) is 9.31. The Morgan fingerprint density at radius 3 is 2.78 bits per heavy atom. The highest BCUT2D eigenvalue weighted by Crippen LogP contribution is 2.68. The van der Waals surface area contributed by atoms with E-state index in [9.17, 15) is 9.59 Å². The maximum absolute atomic E-state index is 13.0. The maximum atomic E-state index is 13.0. The molecular formula is C19H24O4. The fourth-order valence-corrected chi connectivity index (χ4v) is 7.40. The van der Waals surface area contributed by atoms with E-state index in [1.165, 1.54) is 0 Å². The van der Waals surface area contributed by atoms with Gasteiger partial charge in [0.2, 0.25) is 0 Å². The fraction of sp³-hybridized carbons (Fsp3) is 0.895. The first-order valence-electron chi connectivity index (χ1n) is 9.31. The molecule has 2 heterocycles. The minimum absolute atomic E-state index is 0.0784. The van der Waals surface area contributed by atoms with E-state index in [-0.39, 0.29) is 34.9 Å². The molecule has 4 heteroatoms. The highest BCUT2D eigenvalue weighted by atomic mass is 16.6. The summed E-state index contributed by atoms with van der Waals surface area (Å²) in [5.74, 6) is 2.12. The fourth-order valence-electron chi connectivity index (χ4n) is 7.40. The number of rotatable bonds is 0. The second-order valence-corrected chi connectivity index (χ2v) is 9.52. The van der Waals surface area contributed by atoms with Crippen molar-refractivity contribution < 1.29 is 19.1 Å². The molecule has 0 aromatic heterocycles. The van der Waals surface area contributed by atoms with Crippen LogP contribution in [0, 0.1) is 34.5 Å². The van der Waals surface area contributed by atoms with Gasteiger partial charge < -0.3 is 9.47 Å². The van der Waals surface area contributed by atoms with Crippen molar-refractivity contribution >= 4 is 11.6 Å². The van der Waals surface area contributed by atoms with Crippen LogP contribution in [0.5, 0.6) is 0 Å². The van der Waals surface area contributed by atoms with Crippen LogP contribution in [0.15, 0.2) is 0 Å². The molecular weight excluding hydrogens is 292 g/mol. The molecule has 0 bridgehead atoms. The third kappa shape index (κ3) is 1.43. The van der Waals surface area contributed by atoms with E-state index in [1.54, 1.807) is 0 Å². The third-order valence-electron chi connectivity index (χ3n) is 8.65. The Labute approximate surface area is 136 Å². The average molecular weight is 316 g/mol. The Morgan fingerprint density at radius 2 is 1.96 bits per heavy atom. The SMILES string of the molecule is C[C@]12C[C@H]3O[C@H]3C[C@@H]1C(=O)C[C@H]1[C@@H]3[C@@H]4O[C@@H]4C(=O)[C@@]3(C)CC[C@@H]12. The number of carbonyl (C=O) groups excluding carboxylic acids is 2. The number of hydrogen-bond acceptors (Lipinski definition) is 4. The van der Waals surface area contributed by atoms with Crippen molar-refractivity contribution in [3.63, 3.8) is 0 Å². The van der Waals surface area contributed by atoms with Crippen molar-refractivity contribution in [2.75, 3.05) is 0 Å². The zero-order valence-corrected chi connectivity index (χ0v) is 13.8. The van der Waals surface area contributed by atoms with E-state index in [0.29, 0.717) is 42.0 Å². The van der Waals surface area contributed by atoms with Crippen LogP contribution in [-0.4, -0.2) is 36.0 Å². The van der Waals surface area contributed by atoms with Gasteiger partial charge in [-0.1, -0.05) is 13.8 Å². The lowest BCUT2D eigenvalue weighted by molar-refractivity contribution is -0.159. The van der Waals surface area contributed by atoms with Crippen LogP contribution in [0.1, 0.15) is 46.0 Å². The summed E-state index contributed by atoms with van der Waals surface area (Å²) in [4.78, 5) is 25.6. The van der Waals surface area contributed by atoms with Crippen molar-refractivity contribution in [1.29, 1.82) is 0 Å². The van der Waals surface area contributed by atoms with Crippen LogP contribution in [-0.2, 0) is 19.1 Å². The zero-order valence-electron chi connectivity index (χ0n) is 13.8. The summed E-state index contributed by atoms with van der Waals surface area (Å²) in [5, 5.41) is 0. The molecule has 4 aliphatic carbocycles. The molecule has 124 valence electrons. The largest absolute Gasteiger partial charge is 0.370 e. The van der Waals surface area contributed by atoms with E-state index in [2.05, 4.69) is 13.8 Å². The number of ether oxygens (including phenoxy) is 2. The van der Waals surface area contributed by atoms with Crippen LogP contribution >= 0.6 is 0 Å². The first-order chi connectivity index (χ1) is 10.9. The van der Waals surface area contributed by atoms with E-state index in [1.807, 2.05) is 0 Å². The van der Waals surface area contributed by atoms with Crippen LogP contribution < -0.4 is 0 Å². The Bertz CT molecular complexity index is 643. The molecule has 2 aliphatic heterocycles. The van der Waals surface area contributed by atoms with Gasteiger partial charge in [0, 0.05) is 23.7 Å². The number of fused-ring (bicyclic) bond motifs is 8. The lowest BCUT2D eigenvalue weighted by Gasteiger charge is -2.58. The van der Waals surface area contributed by atoms with Crippen LogP contribution in [0.2, 0.25) is 0 Å². The van der Waals surface area contributed by atoms with Gasteiger partial charge in [0.1, 0.15) is 11.9 Å². The topological polar surface area (TPSA) is 59.2 Å². The van der Waals surface area contributed by atoms with Crippen molar-refractivity contribution in [3.8, 4) is 0 Å². The number of epoxide rings is 2. The van der Waals surface area contributed by atoms with Crippen molar-refractivity contribution in [2.24, 2.45) is 34.5 Å². The maximum Gasteiger partial charge on any atom is 0.170 e. The van der Waals surface area contributed by atoms with E-state index < -0.39 is 0 Å². The lowest BCUT2D eigenvalue weighted by Crippen LogP contribution is -2.57. The third-order valence-corrected chi connectivity index (χ3v) is 8.65. The van der Waals surface area contributed by atoms with Gasteiger partial charge in [0.05, 0.1) is 18.3 Å². The molecule has 6 fully saturated rings. The highest BCUT2D eigenvalue weighted by Gasteiger charge is 2.74. The Morgan fingerprint density at radius 1 is 1.13 bits per heavy atom. The van der Waals surface area contributed by atoms with Gasteiger partial charge in [-0.2, -0.15) is 0 Å². The minimum atomic E-state index is -0.231. The van der Waals surface area contributed by atoms with E-state index in [4.69, 9.17) is 9.47 Å². The van der Waals surface area contributed by atoms with Crippen molar-refractivity contribution in [3.05, 3.63) is 0 Å². The Kier molecular flexibility index (Phi) is 2.21. The van der Waals surface area contributed by atoms with Gasteiger partial charge >= 0.3 is 0 Å². The van der Waals surface area contributed by atoms with Crippen molar-refractivity contribution in [1.82, 2.24) is 0 Å². The molecule has 4 nitrogen and oxygen atoms in total. The molecule has 23 heavy (non-hydrogen) atoms. The number of carbonyl (C=O) groups is 2. The van der Waals surface area contributed by atoms with Gasteiger partial charge in [0.15, 0.2) is 5.78 Å². The number of ketones is 2. The Hall–Kier alpha value is -0.740. The highest BCUT2D eigenvalue weighted by molar-refractivity contribution is 5.95. The molecule has 0 N–H and O–H groups in total. The van der Waals surface area contributed by atoms with Crippen LogP contribution in [0.4, 0.5) is 0 Å². The summed E-state index contributed by atoms with van der Waals surface area (Å²) >= 11 is 0. The summed E-state index contributed by atoms with van der Waals surface area (Å²) in [6, 6.07) is 0. The van der Waals surface area contributed by atoms with Crippen LogP contribution in [0.25, 0.3) is 0 Å². The van der Waals surface area contributed by atoms with Gasteiger partial charge in [-0.25, -0.2) is 0 Å². The average Bonchev–Trinajstić information content (AvgIpc) is 3.38. The molecule has 2 saturated heterocycles. The summed E-state index contributed by atoms with van der Waals surface area (Å²) in [6.45, 7) is 4.49. The van der Waals surface area contributed by atoms with Gasteiger partial charge in [-0.15, -0.1) is 0 Å². The molecule has 6 aliphatic rings. The number of Topliss-reactive ketones (excluding diaryl/α,β-unsaturated/α-hetero) is 2. The summed E-state index contributed by atoms with van der Waals surface area (Å²) in [7, 11) is 0. The molecule has 10 atom stereocenters. The Balaban J connectivity index is 1.42. The molecule has 0 amide bonds. The normalized spacial score (nSPS) is 65.1. The zero-order chi connectivity index (χ0) is 15.7. The van der Waals surface area contributed by atoms with E-state index in [0.717, 1.165) is 25.7 Å². The lowest BCUT2D eigenvalue weighted by atomic mass is 9.45. The standard InChI is InChI=1S/C19H24O4/c1-18-4-3-9-8(14(18)15-16(23-15)17(18)21)5-11(20)10-6-12-13(22-12)7-19(9,10)2/h8-10,12-16H,3-7H2,1-2H3/t8-,9+,10-,12+,13-,14-,15+,16+,18+,19-/m1/s1. The summed E-state index contributed by atoms with van der Waals surface area (Å²) in [5.41, 5.74) is -0.152. The second-order valence-electron chi connectivity index (χ2n) is 9.52. The van der Waals surface area contributed by atoms with Crippen LogP contribution in [0.3, 0.4) is 0 Å². The molecule has 4 saturated carbocycles. The second kappa shape index (κ2) is 3.75.